The average Bonchev–Trinajstić information content (AvgIpc) is 2.20. The van der Waals surface area contributed by atoms with Crippen molar-refractivity contribution in [3.05, 3.63) is 34.9 Å². The van der Waals surface area contributed by atoms with Crippen molar-refractivity contribution in [2.75, 3.05) is 5.88 Å². The number of aldehydes is 1. The summed E-state index contributed by atoms with van der Waals surface area (Å²) in [5, 5.41) is 0. The Bertz CT molecular complexity index is 358. The summed E-state index contributed by atoms with van der Waals surface area (Å²) in [6.07, 6.45) is 1.09. The predicted octanol–water partition coefficient (Wildman–Crippen LogP) is 2.16. The molecule has 0 fully saturated rings. The maximum atomic E-state index is 11.0. The highest BCUT2D eigenvalue weighted by Gasteiger charge is 2.04. The van der Waals surface area contributed by atoms with Crippen molar-refractivity contribution >= 4 is 23.7 Å². The lowest BCUT2D eigenvalue weighted by Crippen LogP contribution is -2.04. The van der Waals surface area contributed by atoms with Crippen molar-refractivity contribution in [2.45, 2.75) is 13.3 Å². The first-order valence-electron chi connectivity index (χ1n) is 4.29. The molecule has 1 rings (SSSR count). The zero-order chi connectivity index (χ0) is 10.6. The van der Waals surface area contributed by atoms with Crippen LogP contribution in [0.4, 0.5) is 0 Å². The number of carbonyl (C=O) groups is 2. The third-order valence-corrected chi connectivity index (χ3v) is 2.32. The van der Waals surface area contributed by atoms with Crippen LogP contribution in [-0.4, -0.2) is 17.9 Å². The highest BCUT2D eigenvalue weighted by molar-refractivity contribution is 6.27. The zero-order valence-electron chi connectivity index (χ0n) is 7.92. The number of hydrogen-bond acceptors (Lipinski definition) is 2. The van der Waals surface area contributed by atoms with E-state index >= 15 is 0 Å². The molecule has 0 unspecified atom stereocenters. The number of ketones is 1. The van der Waals surface area contributed by atoms with Crippen molar-refractivity contribution in [3.63, 3.8) is 0 Å². The van der Waals surface area contributed by atoms with Crippen LogP contribution in [-0.2, 0) is 11.2 Å². The van der Waals surface area contributed by atoms with Crippen LogP contribution in [0, 0.1) is 6.92 Å². The fourth-order valence-electron chi connectivity index (χ4n) is 1.20. The number of rotatable bonds is 4. The summed E-state index contributed by atoms with van der Waals surface area (Å²) in [5.41, 5.74) is 2.38. The Morgan fingerprint density at radius 2 is 2.21 bits per heavy atom. The van der Waals surface area contributed by atoms with Gasteiger partial charge in [-0.15, -0.1) is 11.6 Å². The third kappa shape index (κ3) is 2.67. The van der Waals surface area contributed by atoms with Gasteiger partial charge in [0, 0.05) is 12.0 Å². The minimum absolute atomic E-state index is 0.0182. The van der Waals surface area contributed by atoms with Crippen LogP contribution in [0.5, 0.6) is 0 Å². The second kappa shape index (κ2) is 4.91. The summed E-state index contributed by atoms with van der Waals surface area (Å²) in [6.45, 7) is 1.86. The maximum Gasteiger partial charge on any atom is 0.151 e. The predicted molar refractivity (Wildman–Crippen MR) is 56.0 cm³/mol. The lowest BCUT2D eigenvalue weighted by molar-refractivity contribution is -0.116. The summed E-state index contributed by atoms with van der Waals surface area (Å²) in [5.74, 6) is -0.0167. The van der Waals surface area contributed by atoms with E-state index in [4.69, 9.17) is 11.6 Å². The van der Waals surface area contributed by atoms with Gasteiger partial charge in [-0.05, 0) is 24.1 Å². The second-order valence-electron chi connectivity index (χ2n) is 3.16. The SMILES string of the molecule is Cc1ccc(CC(=O)CCl)cc1C=O. The third-order valence-electron chi connectivity index (χ3n) is 2.02. The lowest BCUT2D eigenvalue weighted by atomic mass is 10.0. The van der Waals surface area contributed by atoms with Gasteiger partial charge < -0.3 is 0 Å². The Labute approximate surface area is 87.9 Å². The molecule has 0 spiro atoms. The van der Waals surface area contributed by atoms with E-state index in [-0.39, 0.29) is 11.7 Å². The van der Waals surface area contributed by atoms with Gasteiger partial charge in [0.1, 0.15) is 6.29 Å². The molecule has 0 heterocycles. The van der Waals surface area contributed by atoms with E-state index in [9.17, 15) is 9.59 Å². The molecule has 0 atom stereocenters. The van der Waals surface area contributed by atoms with E-state index in [1.807, 2.05) is 19.1 Å². The number of alkyl halides is 1. The summed E-state index contributed by atoms with van der Waals surface area (Å²) >= 11 is 5.39. The summed E-state index contributed by atoms with van der Waals surface area (Å²) < 4.78 is 0. The minimum Gasteiger partial charge on any atom is -0.298 e. The first kappa shape index (κ1) is 10.9. The number of hydrogen-bond donors (Lipinski definition) is 0. The van der Waals surface area contributed by atoms with Crippen LogP contribution in [0.3, 0.4) is 0 Å². The summed E-state index contributed by atoms with van der Waals surface area (Å²) in [7, 11) is 0. The van der Waals surface area contributed by atoms with Crippen molar-refractivity contribution in [1.29, 1.82) is 0 Å². The zero-order valence-corrected chi connectivity index (χ0v) is 8.67. The van der Waals surface area contributed by atoms with Crippen LogP contribution in [0.1, 0.15) is 21.5 Å². The van der Waals surface area contributed by atoms with E-state index in [0.717, 1.165) is 17.4 Å². The van der Waals surface area contributed by atoms with Gasteiger partial charge in [-0.1, -0.05) is 12.1 Å². The van der Waals surface area contributed by atoms with Crippen LogP contribution < -0.4 is 0 Å². The molecule has 74 valence electrons. The first-order valence-corrected chi connectivity index (χ1v) is 4.83. The molecule has 0 saturated carbocycles. The van der Waals surface area contributed by atoms with Crippen LogP contribution in [0.25, 0.3) is 0 Å². The van der Waals surface area contributed by atoms with Gasteiger partial charge in [0.25, 0.3) is 0 Å². The normalized spacial score (nSPS) is 9.86. The maximum absolute atomic E-state index is 11.0. The van der Waals surface area contributed by atoms with Crippen molar-refractivity contribution < 1.29 is 9.59 Å². The van der Waals surface area contributed by atoms with Crippen LogP contribution in [0.15, 0.2) is 18.2 Å². The molecule has 0 amide bonds. The van der Waals surface area contributed by atoms with Gasteiger partial charge in [-0.3, -0.25) is 9.59 Å². The van der Waals surface area contributed by atoms with Crippen molar-refractivity contribution in [1.82, 2.24) is 0 Å². The molecule has 0 saturated heterocycles. The van der Waals surface area contributed by atoms with Gasteiger partial charge in [-0.25, -0.2) is 0 Å². The molecule has 14 heavy (non-hydrogen) atoms. The van der Waals surface area contributed by atoms with Gasteiger partial charge in [0.15, 0.2) is 5.78 Å². The smallest absolute Gasteiger partial charge is 0.151 e. The highest BCUT2D eigenvalue weighted by atomic mass is 35.5. The monoisotopic (exact) mass is 210 g/mol. The molecule has 0 aliphatic carbocycles. The molecule has 0 bridgehead atoms. The number of carbonyl (C=O) groups excluding carboxylic acids is 2. The highest BCUT2D eigenvalue weighted by Crippen LogP contribution is 2.10. The molecule has 2 nitrogen and oxygen atoms in total. The van der Waals surface area contributed by atoms with E-state index in [0.29, 0.717) is 12.0 Å². The van der Waals surface area contributed by atoms with Crippen LogP contribution in [0.2, 0.25) is 0 Å². The topological polar surface area (TPSA) is 34.1 Å². The molecule has 0 radical (unpaired) electrons. The standard InChI is InChI=1S/C11H11ClO2/c1-8-2-3-9(4-10(8)7-13)5-11(14)6-12/h2-4,7H,5-6H2,1H3. The molecule has 1 aromatic rings. The molecular weight excluding hydrogens is 200 g/mol. The fourth-order valence-corrected chi connectivity index (χ4v) is 1.30. The van der Waals surface area contributed by atoms with E-state index in [1.54, 1.807) is 6.07 Å². The fraction of sp³-hybridized carbons (Fsp3) is 0.273. The Balaban J connectivity index is 2.89. The molecule has 0 aliphatic rings. The Morgan fingerprint density at radius 1 is 1.50 bits per heavy atom. The van der Waals surface area contributed by atoms with Crippen molar-refractivity contribution in [2.24, 2.45) is 0 Å². The van der Waals surface area contributed by atoms with Crippen molar-refractivity contribution in [3.8, 4) is 0 Å². The molecule has 1 aromatic carbocycles. The molecule has 0 aliphatic heterocycles. The van der Waals surface area contributed by atoms with Crippen LogP contribution >= 0.6 is 11.6 Å². The molecule has 0 aromatic heterocycles. The quantitative estimate of drug-likeness (QED) is 0.564. The Morgan fingerprint density at radius 3 is 2.79 bits per heavy atom. The Hall–Kier alpha value is -1.15. The van der Waals surface area contributed by atoms with Gasteiger partial charge in [-0.2, -0.15) is 0 Å². The summed E-state index contributed by atoms with van der Waals surface area (Å²) in [6, 6.07) is 5.40. The van der Waals surface area contributed by atoms with E-state index < -0.39 is 0 Å². The van der Waals surface area contributed by atoms with Gasteiger partial charge >= 0.3 is 0 Å². The summed E-state index contributed by atoms with van der Waals surface area (Å²) in [4.78, 5) is 21.7. The molecule has 0 N–H and O–H groups in total. The Kier molecular flexibility index (Phi) is 3.84. The largest absolute Gasteiger partial charge is 0.298 e. The van der Waals surface area contributed by atoms with Gasteiger partial charge in [0.05, 0.1) is 5.88 Å². The average molecular weight is 211 g/mol. The van der Waals surface area contributed by atoms with Gasteiger partial charge in [0.2, 0.25) is 0 Å². The van der Waals surface area contributed by atoms with E-state index in [1.165, 1.54) is 0 Å². The van der Waals surface area contributed by atoms with E-state index in [2.05, 4.69) is 0 Å². The number of halogens is 1. The number of benzene rings is 1. The number of aryl methyl sites for hydroxylation is 1. The minimum atomic E-state index is -0.0348. The second-order valence-corrected chi connectivity index (χ2v) is 3.43. The lowest BCUT2D eigenvalue weighted by Gasteiger charge is -2.02. The molecular formula is C11H11ClO2. The first-order chi connectivity index (χ1) is 6.67. The molecule has 3 heteroatoms. The number of Topliss-reactive ketones (excluding diaryl/α,β-unsaturated/α-hetero) is 1.